The monoisotopic (exact) mass is 301 g/mol. The van der Waals surface area contributed by atoms with Crippen LogP contribution < -0.4 is 0 Å². The van der Waals surface area contributed by atoms with Crippen molar-refractivity contribution in [2.75, 3.05) is 7.05 Å². The van der Waals surface area contributed by atoms with Crippen molar-refractivity contribution in [1.29, 1.82) is 0 Å². The zero-order chi connectivity index (χ0) is 15.3. The SMILES string of the molecule is Cc1noc([C@H]2[C@@H](c3ccc(F)cc3)C[C@@H]3CC[C@H]2N3C)n1. The minimum Gasteiger partial charge on any atom is -0.339 e. The van der Waals surface area contributed by atoms with Crippen LogP contribution in [0.3, 0.4) is 0 Å². The van der Waals surface area contributed by atoms with E-state index in [0.717, 1.165) is 18.7 Å². The first-order chi connectivity index (χ1) is 10.6. The van der Waals surface area contributed by atoms with Crippen LogP contribution in [-0.4, -0.2) is 34.2 Å². The molecule has 0 amide bonds. The third-order valence-electron chi connectivity index (χ3n) is 5.40. The van der Waals surface area contributed by atoms with Crippen LogP contribution in [0, 0.1) is 12.7 Å². The molecule has 0 saturated carbocycles. The van der Waals surface area contributed by atoms with E-state index in [0.29, 0.717) is 23.8 Å². The number of likely N-dealkylation sites (N-methyl/N-ethyl adjacent to an activating group) is 1. The molecule has 4 atom stereocenters. The molecule has 3 heterocycles. The second-order valence-corrected chi connectivity index (χ2v) is 6.56. The molecule has 2 aliphatic rings. The maximum absolute atomic E-state index is 13.3. The van der Waals surface area contributed by atoms with Crippen molar-refractivity contribution in [3.05, 3.63) is 47.4 Å². The highest BCUT2D eigenvalue weighted by Crippen LogP contribution is 2.50. The average molecular weight is 301 g/mol. The van der Waals surface area contributed by atoms with E-state index in [1.165, 1.54) is 12.0 Å². The Morgan fingerprint density at radius 3 is 2.68 bits per heavy atom. The summed E-state index contributed by atoms with van der Waals surface area (Å²) < 4.78 is 18.8. The van der Waals surface area contributed by atoms with E-state index in [1.807, 2.05) is 19.1 Å². The molecule has 22 heavy (non-hydrogen) atoms. The standard InChI is InChI=1S/C17H20FN3O/c1-10-19-17(22-20-10)16-14(11-3-5-12(18)6-4-11)9-13-7-8-15(16)21(13)2/h3-6,13-16H,7-9H2,1-2H3/t13-,14+,15+,16-/m0/s1. The Morgan fingerprint density at radius 2 is 2.00 bits per heavy atom. The summed E-state index contributed by atoms with van der Waals surface area (Å²) in [5, 5.41) is 3.98. The van der Waals surface area contributed by atoms with Crippen LogP contribution >= 0.6 is 0 Å². The zero-order valence-corrected chi connectivity index (χ0v) is 12.9. The number of benzene rings is 1. The number of nitrogens with zero attached hydrogens (tertiary/aromatic N) is 3. The van der Waals surface area contributed by atoms with E-state index in [1.54, 1.807) is 12.1 Å². The normalized spacial score (nSPS) is 31.6. The summed E-state index contributed by atoms with van der Waals surface area (Å²) in [5.41, 5.74) is 1.17. The van der Waals surface area contributed by atoms with Gasteiger partial charge in [-0.3, -0.25) is 4.90 Å². The zero-order valence-electron chi connectivity index (χ0n) is 12.9. The first-order valence-electron chi connectivity index (χ1n) is 7.91. The van der Waals surface area contributed by atoms with E-state index in [4.69, 9.17) is 4.52 Å². The summed E-state index contributed by atoms with van der Waals surface area (Å²) in [5.74, 6) is 1.72. The van der Waals surface area contributed by atoms with E-state index in [-0.39, 0.29) is 11.7 Å². The molecule has 2 saturated heterocycles. The minimum absolute atomic E-state index is 0.190. The van der Waals surface area contributed by atoms with Gasteiger partial charge in [0.25, 0.3) is 0 Å². The molecule has 2 aliphatic heterocycles. The summed E-state index contributed by atoms with van der Waals surface area (Å²) in [4.78, 5) is 6.96. The van der Waals surface area contributed by atoms with Crippen molar-refractivity contribution in [2.45, 2.75) is 50.1 Å². The smallest absolute Gasteiger partial charge is 0.231 e. The highest BCUT2D eigenvalue weighted by molar-refractivity contribution is 5.27. The molecule has 0 N–H and O–H groups in total. The molecule has 116 valence electrons. The first-order valence-corrected chi connectivity index (χ1v) is 7.91. The van der Waals surface area contributed by atoms with E-state index < -0.39 is 0 Å². The van der Waals surface area contributed by atoms with Gasteiger partial charge < -0.3 is 4.52 Å². The Bertz CT molecular complexity index is 669. The summed E-state index contributed by atoms with van der Waals surface area (Å²) >= 11 is 0. The number of rotatable bonds is 2. The number of halogens is 1. The molecule has 4 rings (SSSR count). The molecule has 4 nitrogen and oxygen atoms in total. The number of aromatic nitrogens is 2. The largest absolute Gasteiger partial charge is 0.339 e. The summed E-state index contributed by atoms with van der Waals surface area (Å²) in [6.45, 7) is 1.85. The van der Waals surface area contributed by atoms with Crippen LogP contribution in [0.25, 0.3) is 0 Å². The van der Waals surface area contributed by atoms with Crippen LogP contribution in [0.1, 0.15) is 48.4 Å². The summed E-state index contributed by atoms with van der Waals surface area (Å²) in [7, 11) is 2.19. The van der Waals surface area contributed by atoms with Gasteiger partial charge in [-0.05, 0) is 56.8 Å². The fraction of sp³-hybridized carbons (Fsp3) is 0.529. The van der Waals surface area contributed by atoms with Gasteiger partial charge in [0.2, 0.25) is 5.89 Å². The number of hydrogen-bond donors (Lipinski definition) is 0. The number of hydrogen-bond acceptors (Lipinski definition) is 4. The Morgan fingerprint density at radius 1 is 1.23 bits per heavy atom. The molecule has 2 fully saturated rings. The first kappa shape index (κ1) is 13.9. The Hall–Kier alpha value is -1.75. The van der Waals surface area contributed by atoms with Gasteiger partial charge in [-0.25, -0.2) is 4.39 Å². The molecule has 2 aromatic rings. The number of fused-ring (bicyclic) bond motifs is 2. The third kappa shape index (κ3) is 2.15. The van der Waals surface area contributed by atoms with Crippen molar-refractivity contribution in [3.8, 4) is 0 Å². The molecular formula is C17H20FN3O. The molecule has 1 aromatic heterocycles. The number of piperidine rings is 1. The average Bonchev–Trinajstić information content (AvgIpc) is 3.02. The second kappa shape index (κ2) is 5.16. The Balaban J connectivity index is 1.76. The van der Waals surface area contributed by atoms with Crippen molar-refractivity contribution in [1.82, 2.24) is 15.0 Å². The summed E-state index contributed by atoms with van der Waals surface area (Å²) in [6, 6.07) is 7.92. The van der Waals surface area contributed by atoms with Crippen molar-refractivity contribution >= 4 is 0 Å². The molecule has 1 aromatic carbocycles. The van der Waals surface area contributed by atoms with Crippen LogP contribution in [-0.2, 0) is 0 Å². The van der Waals surface area contributed by atoms with Gasteiger partial charge in [0, 0.05) is 12.1 Å². The van der Waals surface area contributed by atoms with Crippen molar-refractivity contribution in [2.24, 2.45) is 0 Å². The molecule has 0 radical (unpaired) electrons. The maximum Gasteiger partial charge on any atom is 0.231 e. The highest BCUT2D eigenvalue weighted by atomic mass is 19.1. The second-order valence-electron chi connectivity index (χ2n) is 6.56. The van der Waals surface area contributed by atoms with Crippen LogP contribution in [0.2, 0.25) is 0 Å². The maximum atomic E-state index is 13.3. The molecule has 0 spiro atoms. The topological polar surface area (TPSA) is 42.2 Å². The summed E-state index contributed by atoms with van der Waals surface area (Å²) in [6.07, 6.45) is 3.43. The van der Waals surface area contributed by atoms with Crippen molar-refractivity contribution in [3.63, 3.8) is 0 Å². The lowest BCUT2D eigenvalue weighted by Gasteiger charge is -2.41. The fourth-order valence-corrected chi connectivity index (χ4v) is 4.30. The van der Waals surface area contributed by atoms with Gasteiger partial charge in [0.1, 0.15) is 5.82 Å². The quantitative estimate of drug-likeness (QED) is 0.854. The van der Waals surface area contributed by atoms with Crippen LogP contribution in [0.15, 0.2) is 28.8 Å². The van der Waals surface area contributed by atoms with Crippen LogP contribution in [0.4, 0.5) is 4.39 Å². The Labute approximate surface area is 129 Å². The van der Waals surface area contributed by atoms with Gasteiger partial charge in [-0.1, -0.05) is 17.3 Å². The Kier molecular flexibility index (Phi) is 3.26. The van der Waals surface area contributed by atoms with E-state index >= 15 is 0 Å². The lowest BCUT2D eigenvalue weighted by molar-refractivity contribution is 0.120. The minimum atomic E-state index is -0.190. The van der Waals surface area contributed by atoms with Crippen LogP contribution in [0.5, 0.6) is 0 Å². The predicted octanol–water partition coefficient (Wildman–Crippen LogP) is 3.25. The predicted molar refractivity (Wildman–Crippen MR) is 80.1 cm³/mol. The molecular weight excluding hydrogens is 281 g/mol. The van der Waals surface area contributed by atoms with Gasteiger partial charge in [-0.2, -0.15) is 4.98 Å². The molecule has 0 aliphatic carbocycles. The van der Waals surface area contributed by atoms with E-state index in [2.05, 4.69) is 22.1 Å². The highest BCUT2D eigenvalue weighted by Gasteiger charge is 2.48. The third-order valence-corrected chi connectivity index (χ3v) is 5.40. The van der Waals surface area contributed by atoms with Gasteiger partial charge >= 0.3 is 0 Å². The molecule has 5 heteroatoms. The lowest BCUT2D eigenvalue weighted by Crippen LogP contribution is -2.44. The lowest BCUT2D eigenvalue weighted by atomic mass is 9.76. The fourth-order valence-electron chi connectivity index (χ4n) is 4.30. The van der Waals surface area contributed by atoms with Gasteiger partial charge in [0.05, 0.1) is 5.92 Å². The molecule has 2 bridgehead atoms. The number of aryl methyl sites for hydroxylation is 1. The van der Waals surface area contributed by atoms with Gasteiger partial charge in [0.15, 0.2) is 5.82 Å². The molecule has 0 unspecified atom stereocenters. The van der Waals surface area contributed by atoms with E-state index in [9.17, 15) is 4.39 Å². The van der Waals surface area contributed by atoms with Gasteiger partial charge in [-0.15, -0.1) is 0 Å². The van der Waals surface area contributed by atoms with Crippen molar-refractivity contribution < 1.29 is 8.91 Å².